The number of nitrogens with one attached hydrogen (secondary N) is 1. The summed E-state index contributed by atoms with van der Waals surface area (Å²) in [7, 11) is -8.96. The number of halogens is 2. The van der Waals surface area contributed by atoms with Crippen molar-refractivity contribution >= 4 is 149 Å². The molecule has 8 aromatic carbocycles. The van der Waals surface area contributed by atoms with E-state index in [-0.39, 0.29) is 91.5 Å². The van der Waals surface area contributed by atoms with Crippen molar-refractivity contribution in [1.29, 1.82) is 0 Å². The topological polar surface area (TPSA) is 284 Å². The van der Waals surface area contributed by atoms with Crippen LogP contribution in [0, 0.1) is 0 Å². The maximum absolute atomic E-state index is 13.4. The first kappa shape index (κ1) is 59.5. The number of azo groups is 2. The van der Waals surface area contributed by atoms with Gasteiger partial charge >= 0.3 is 37.7 Å². The zero-order chi connectivity index (χ0) is 54.9. The fourth-order valence-electron chi connectivity index (χ4n) is 7.69. The summed E-state index contributed by atoms with van der Waals surface area (Å²) in [4.78, 5) is 16.5. The van der Waals surface area contributed by atoms with Crippen molar-refractivity contribution in [2.45, 2.75) is 50.3 Å². The number of benzene rings is 8. The number of rotatable bonds is 16. The summed E-state index contributed by atoms with van der Waals surface area (Å²) in [6.45, 7) is 8.12. The second-order valence-electron chi connectivity index (χ2n) is 16.3. The fraction of sp³-hybridized carbons (Fsp3) is 0.148. The Labute approximate surface area is 483 Å². The predicted octanol–water partition coefficient (Wildman–Crippen LogP) is 12.3. The van der Waals surface area contributed by atoms with Crippen LogP contribution in [0.4, 0.5) is 34.1 Å². The Morgan fingerprint density at radius 1 is 0.597 bits per heavy atom. The van der Waals surface area contributed by atoms with E-state index in [1.54, 1.807) is 117 Å². The van der Waals surface area contributed by atoms with Crippen LogP contribution in [-0.4, -0.2) is 93.8 Å². The smallest absolute Gasteiger partial charge is 0.871 e. The number of hydrogen-bond acceptors (Lipinski definition) is 15. The van der Waals surface area contributed by atoms with E-state index in [2.05, 4.69) is 30.8 Å². The molecule has 77 heavy (non-hydrogen) atoms. The van der Waals surface area contributed by atoms with Gasteiger partial charge in [-0.15, -0.1) is 15.3 Å². The standard InChI is InChI=1S/2C27H24ClN3O6S.Ca/c2*1-3-16-12-20(38(34,35)36)15-23(28)24(16)30-31-25-21-11-6-5-8-17(21)13-22(26(25)32)27(33)29-18-9-7-10-19(14-18)37-4-2;/h2*5-15,32H,3-4H2,1-2H3,(H,29,33)(H,34,35,36);/q;;+2/p-2. The van der Waals surface area contributed by atoms with Gasteiger partial charge in [0.2, 0.25) is 0 Å². The number of aliphatic imine (C=N–C) groups is 1. The van der Waals surface area contributed by atoms with E-state index in [4.69, 9.17) is 32.7 Å². The van der Waals surface area contributed by atoms with E-state index < -0.39 is 43.5 Å². The van der Waals surface area contributed by atoms with E-state index in [0.29, 0.717) is 81.6 Å². The van der Waals surface area contributed by atoms with Crippen molar-refractivity contribution < 1.29 is 55.5 Å². The van der Waals surface area contributed by atoms with Gasteiger partial charge in [0.05, 0.1) is 50.0 Å². The Kier molecular flexibility index (Phi) is 20.2. The van der Waals surface area contributed by atoms with Crippen LogP contribution >= 0.6 is 23.2 Å². The van der Waals surface area contributed by atoms with Gasteiger partial charge in [-0.1, -0.05) is 103 Å². The normalized spacial score (nSPS) is 11.9. The molecule has 0 bridgehead atoms. The van der Waals surface area contributed by atoms with E-state index in [9.17, 15) is 46.1 Å². The molecule has 0 saturated carbocycles. The van der Waals surface area contributed by atoms with Crippen LogP contribution in [0.2, 0.25) is 10.0 Å². The van der Waals surface area contributed by atoms with Gasteiger partial charge in [0, 0.05) is 28.6 Å². The quantitative estimate of drug-likeness (QED) is 0.0231. The monoisotopic (exact) mass is 1140 g/mol. The second-order valence-corrected chi connectivity index (χ2v) is 20.0. The number of phenolic OH excluding ortho intramolecular Hbond substituents is 1. The van der Waals surface area contributed by atoms with Crippen molar-refractivity contribution in [1.82, 2.24) is 0 Å². The number of aromatic hydroxyl groups is 1. The molecule has 0 saturated heterocycles. The Hall–Kier alpha value is -6.72. The molecule has 23 heteroatoms. The Bertz CT molecular complexity index is 3860. The maximum Gasteiger partial charge on any atom is 2.00 e. The number of carbonyl (C=O) groups excluding carboxylic acids is 1. The first-order chi connectivity index (χ1) is 36.2. The largest absolute Gasteiger partial charge is 2.00 e. The molecule has 392 valence electrons. The predicted molar refractivity (Wildman–Crippen MR) is 294 cm³/mol. The molecule has 0 atom stereocenters. The zero-order valence-corrected chi connectivity index (χ0v) is 46.9. The minimum atomic E-state index is -4.49. The van der Waals surface area contributed by atoms with E-state index >= 15 is 0 Å². The van der Waals surface area contributed by atoms with Crippen LogP contribution in [0.3, 0.4) is 0 Å². The molecule has 18 nitrogen and oxygen atoms in total. The van der Waals surface area contributed by atoms with Crippen molar-refractivity contribution in [2.24, 2.45) is 25.4 Å². The summed E-state index contributed by atoms with van der Waals surface area (Å²) in [6.07, 6.45) is 0.661. The zero-order valence-electron chi connectivity index (χ0n) is 41.6. The molecule has 0 aliphatic rings. The van der Waals surface area contributed by atoms with E-state index in [1.165, 1.54) is 18.2 Å². The summed E-state index contributed by atoms with van der Waals surface area (Å²) in [5.74, 6) is -1.26. The minimum absolute atomic E-state index is 0. The Morgan fingerprint density at radius 2 is 1.06 bits per heavy atom. The summed E-state index contributed by atoms with van der Waals surface area (Å²) >= 11 is 12.5. The molecule has 0 fully saturated rings. The summed E-state index contributed by atoms with van der Waals surface area (Å²) < 4.78 is 76.0. The molecule has 8 aromatic rings. The van der Waals surface area contributed by atoms with Gasteiger partial charge in [0.25, 0.3) is 26.1 Å². The number of fused-ring (bicyclic) bond motifs is 2. The number of anilines is 1. The molecule has 8 rings (SSSR count). The third kappa shape index (κ3) is 14.5. The maximum atomic E-state index is 13.4. The van der Waals surface area contributed by atoms with Crippen LogP contribution in [0.5, 0.6) is 23.0 Å². The van der Waals surface area contributed by atoms with Crippen molar-refractivity contribution in [2.75, 3.05) is 18.5 Å². The molecule has 0 aliphatic carbocycles. The molecule has 0 unspecified atom stereocenters. The average Bonchev–Trinajstić information content (AvgIpc) is 3.40. The second kappa shape index (κ2) is 26.1. The van der Waals surface area contributed by atoms with Gasteiger partial charge in [-0.05, 0) is 121 Å². The SMILES string of the molecule is CCOc1cccc(N=C([O-])c2cc3ccccc3c(N=Nc3c(Cl)cc(S(=O)(=O)O)cc3CC)c2[O-])c1.CCOc1cccc(NC(=O)c2cc3ccccc3c(N=Nc3c(Cl)cc(S(=O)(=O)O)cc3CC)c2O)c1.[Ca+2]. The molecule has 0 heterocycles. The number of ether oxygens (including phenoxy) is 2. The minimum Gasteiger partial charge on any atom is -0.871 e. The number of hydrogen-bond donors (Lipinski definition) is 4. The molecule has 4 N–H and O–H groups in total. The molecule has 0 radical (unpaired) electrons. The molecule has 0 aliphatic heterocycles. The van der Waals surface area contributed by atoms with Gasteiger partial charge in [0.1, 0.15) is 28.6 Å². The van der Waals surface area contributed by atoms with Crippen molar-refractivity contribution in [3.05, 3.63) is 166 Å². The number of phenols is 1. The molecule has 0 aromatic heterocycles. The molecular weight excluding hydrogens is 1100 g/mol. The number of nitrogens with zero attached hydrogens (tertiary/aromatic N) is 5. The first-order valence-corrected chi connectivity index (χ1v) is 26.8. The third-order valence-corrected chi connectivity index (χ3v) is 13.5. The van der Waals surface area contributed by atoms with Crippen LogP contribution in [-0.2, 0) is 33.1 Å². The molecular formula is C54H46CaCl2N6O12S2. The summed E-state index contributed by atoms with van der Waals surface area (Å²) in [5, 5.41) is 59.2. The number of aryl methyl sites for hydroxylation is 2. The van der Waals surface area contributed by atoms with Crippen LogP contribution in [0.1, 0.15) is 54.7 Å². The molecule has 1 amide bonds. The third-order valence-electron chi connectivity index (χ3n) is 11.3. The van der Waals surface area contributed by atoms with E-state index in [1.807, 2.05) is 13.8 Å². The van der Waals surface area contributed by atoms with Crippen LogP contribution in [0.25, 0.3) is 21.5 Å². The van der Waals surface area contributed by atoms with Crippen LogP contribution < -0.4 is 25.0 Å². The Balaban J connectivity index is 0.000000246. The van der Waals surface area contributed by atoms with E-state index in [0.717, 1.165) is 12.1 Å². The van der Waals surface area contributed by atoms with Gasteiger partial charge in [-0.3, -0.25) is 18.9 Å². The first-order valence-electron chi connectivity index (χ1n) is 23.2. The fourth-order valence-corrected chi connectivity index (χ4v) is 9.49. The number of amides is 1. The molecule has 0 spiro atoms. The average molecular weight is 1150 g/mol. The summed E-state index contributed by atoms with van der Waals surface area (Å²) in [5.41, 5.74) is 1.65. The van der Waals surface area contributed by atoms with Crippen molar-refractivity contribution in [3.63, 3.8) is 0 Å². The Morgan fingerprint density at radius 3 is 1.58 bits per heavy atom. The number of carbonyl (C=O) groups is 1. The van der Waals surface area contributed by atoms with Crippen LogP contribution in [0.15, 0.2) is 169 Å². The van der Waals surface area contributed by atoms with Gasteiger partial charge in [0.15, 0.2) is 5.75 Å². The van der Waals surface area contributed by atoms with Gasteiger partial charge in [-0.25, -0.2) is 0 Å². The van der Waals surface area contributed by atoms with Gasteiger partial charge in [-0.2, -0.15) is 21.9 Å². The van der Waals surface area contributed by atoms with Crippen molar-refractivity contribution in [3.8, 4) is 23.0 Å². The summed E-state index contributed by atoms with van der Waals surface area (Å²) in [6, 6.07) is 35.1. The van der Waals surface area contributed by atoms with Gasteiger partial charge < -0.3 is 30.1 Å².